The lowest BCUT2D eigenvalue weighted by Crippen LogP contribution is -2.38. The molecule has 3 aromatic rings. The lowest BCUT2D eigenvalue weighted by Gasteiger charge is -2.32. The number of benzene rings is 3. The molecule has 1 aliphatic heterocycles. The molecule has 0 aromatic heterocycles. The fourth-order valence-corrected chi connectivity index (χ4v) is 4.41. The smallest absolute Gasteiger partial charge is 0.251 e. The van der Waals surface area contributed by atoms with Crippen molar-refractivity contribution in [3.05, 3.63) is 108 Å². The molecule has 0 saturated carbocycles. The molecule has 1 unspecified atom stereocenters. The third-order valence-corrected chi connectivity index (χ3v) is 6.29. The van der Waals surface area contributed by atoms with E-state index >= 15 is 0 Å². The van der Waals surface area contributed by atoms with Crippen molar-refractivity contribution in [1.82, 2.24) is 10.2 Å². The van der Waals surface area contributed by atoms with E-state index in [1.807, 2.05) is 78.9 Å². The summed E-state index contributed by atoms with van der Waals surface area (Å²) in [6, 6.07) is 29.1. The number of carbonyl (C=O) groups excluding carboxylic acids is 2. The van der Waals surface area contributed by atoms with Crippen molar-refractivity contribution in [2.75, 3.05) is 19.6 Å². The Bertz CT molecular complexity index is 997. The molecule has 1 atom stereocenters. The minimum Gasteiger partial charge on any atom is -0.345 e. The summed E-state index contributed by atoms with van der Waals surface area (Å²) in [5, 5.41) is 3.22. The highest BCUT2D eigenvalue weighted by Crippen LogP contribution is 2.24. The molecule has 32 heavy (non-hydrogen) atoms. The number of hydrogen-bond acceptors (Lipinski definition) is 3. The van der Waals surface area contributed by atoms with Crippen LogP contribution >= 0.6 is 0 Å². The molecular formula is C28H30N2O2. The molecule has 0 aliphatic carbocycles. The zero-order valence-electron chi connectivity index (χ0n) is 18.3. The molecule has 3 aromatic carbocycles. The highest BCUT2D eigenvalue weighted by Gasteiger charge is 2.26. The zero-order chi connectivity index (χ0) is 22.2. The Balaban J connectivity index is 1.33. The Morgan fingerprint density at radius 3 is 1.91 bits per heavy atom. The molecule has 1 fully saturated rings. The van der Waals surface area contributed by atoms with Crippen molar-refractivity contribution in [3.63, 3.8) is 0 Å². The number of nitrogens with zero attached hydrogens (tertiary/aromatic N) is 1. The van der Waals surface area contributed by atoms with Gasteiger partial charge in [-0.05, 0) is 50.0 Å². The molecule has 1 N–H and O–H groups in total. The van der Waals surface area contributed by atoms with E-state index in [0.717, 1.165) is 50.0 Å². The first-order valence-electron chi connectivity index (χ1n) is 11.4. The van der Waals surface area contributed by atoms with Crippen molar-refractivity contribution in [3.8, 4) is 0 Å². The van der Waals surface area contributed by atoms with Gasteiger partial charge in [0, 0.05) is 23.6 Å². The summed E-state index contributed by atoms with van der Waals surface area (Å²) >= 11 is 0. The minimum atomic E-state index is -0.0494. The molecule has 1 saturated heterocycles. The molecule has 4 heteroatoms. The lowest BCUT2D eigenvalue weighted by atomic mass is 9.88. The van der Waals surface area contributed by atoms with Gasteiger partial charge in [0.1, 0.15) is 0 Å². The van der Waals surface area contributed by atoms with Crippen molar-refractivity contribution in [2.45, 2.75) is 25.3 Å². The summed E-state index contributed by atoms with van der Waals surface area (Å²) in [6.07, 6.45) is 2.61. The minimum absolute atomic E-state index is 0.0485. The quantitative estimate of drug-likeness (QED) is 0.507. The van der Waals surface area contributed by atoms with Crippen molar-refractivity contribution < 1.29 is 9.59 Å². The topological polar surface area (TPSA) is 49.4 Å². The summed E-state index contributed by atoms with van der Waals surface area (Å²) in [4.78, 5) is 27.9. The van der Waals surface area contributed by atoms with Crippen LogP contribution in [0.4, 0.5) is 0 Å². The summed E-state index contributed by atoms with van der Waals surface area (Å²) < 4.78 is 0. The van der Waals surface area contributed by atoms with Crippen LogP contribution in [0.3, 0.4) is 0 Å². The van der Waals surface area contributed by atoms with E-state index in [4.69, 9.17) is 0 Å². The van der Waals surface area contributed by atoms with E-state index in [1.54, 1.807) is 0 Å². The predicted molar refractivity (Wildman–Crippen MR) is 128 cm³/mol. The highest BCUT2D eigenvalue weighted by molar-refractivity contribution is 5.97. The number of Topliss-reactive ketones (excluding diaryl/α,β-unsaturated/α-hetero) is 1. The number of hydrogen-bond donors (Lipinski definition) is 1. The molecule has 4 rings (SSSR count). The fourth-order valence-electron chi connectivity index (χ4n) is 4.41. The van der Waals surface area contributed by atoms with E-state index in [1.165, 1.54) is 0 Å². The van der Waals surface area contributed by atoms with Gasteiger partial charge in [0.2, 0.25) is 0 Å². The zero-order valence-corrected chi connectivity index (χ0v) is 18.3. The van der Waals surface area contributed by atoms with Crippen LogP contribution in [0, 0.1) is 5.92 Å². The van der Waals surface area contributed by atoms with Gasteiger partial charge < -0.3 is 10.2 Å². The van der Waals surface area contributed by atoms with Crippen LogP contribution in [0.2, 0.25) is 0 Å². The molecule has 4 nitrogen and oxygen atoms in total. The number of rotatable bonds is 8. The van der Waals surface area contributed by atoms with Gasteiger partial charge in [0.25, 0.3) is 5.91 Å². The average Bonchev–Trinajstić information content (AvgIpc) is 2.88. The predicted octanol–water partition coefficient (Wildman–Crippen LogP) is 5.14. The lowest BCUT2D eigenvalue weighted by molar-refractivity contribution is 0.0830. The second kappa shape index (κ2) is 10.9. The van der Waals surface area contributed by atoms with Crippen LogP contribution in [0.1, 0.15) is 51.6 Å². The SMILES string of the molecule is O=C(NC(CCN1CCC(C(=O)c2ccccc2)CC1)c1ccccc1)c1ccccc1. The van der Waals surface area contributed by atoms with E-state index in [-0.39, 0.29) is 23.7 Å². The molecule has 1 amide bonds. The monoisotopic (exact) mass is 426 g/mol. The summed E-state index contributed by atoms with van der Waals surface area (Å²) in [6.45, 7) is 2.72. The first-order chi connectivity index (χ1) is 15.7. The van der Waals surface area contributed by atoms with Crippen LogP contribution in [-0.4, -0.2) is 36.2 Å². The van der Waals surface area contributed by atoms with Gasteiger partial charge in [-0.25, -0.2) is 0 Å². The van der Waals surface area contributed by atoms with Gasteiger partial charge in [-0.15, -0.1) is 0 Å². The van der Waals surface area contributed by atoms with Gasteiger partial charge >= 0.3 is 0 Å². The van der Waals surface area contributed by atoms with E-state index < -0.39 is 0 Å². The van der Waals surface area contributed by atoms with Crippen molar-refractivity contribution in [2.24, 2.45) is 5.92 Å². The van der Waals surface area contributed by atoms with Gasteiger partial charge in [0.05, 0.1) is 6.04 Å². The van der Waals surface area contributed by atoms with Crippen molar-refractivity contribution in [1.29, 1.82) is 0 Å². The van der Waals surface area contributed by atoms with Crippen LogP contribution in [0.15, 0.2) is 91.0 Å². The van der Waals surface area contributed by atoms with Crippen LogP contribution in [0.25, 0.3) is 0 Å². The van der Waals surface area contributed by atoms with E-state index in [2.05, 4.69) is 22.3 Å². The highest BCUT2D eigenvalue weighted by atomic mass is 16.1. The first kappa shape index (κ1) is 22.0. The number of amides is 1. The van der Waals surface area contributed by atoms with Gasteiger partial charge in [-0.3, -0.25) is 9.59 Å². The largest absolute Gasteiger partial charge is 0.345 e. The number of piperidine rings is 1. The summed E-state index contributed by atoms with van der Waals surface area (Å²) in [5.41, 5.74) is 2.61. The maximum Gasteiger partial charge on any atom is 0.251 e. The van der Waals surface area contributed by atoms with E-state index in [0.29, 0.717) is 5.56 Å². The Morgan fingerprint density at radius 1 is 0.781 bits per heavy atom. The maximum atomic E-state index is 12.8. The van der Waals surface area contributed by atoms with Crippen LogP contribution < -0.4 is 5.32 Å². The number of carbonyl (C=O) groups is 2. The molecule has 1 aliphatic rings. The van der Waals surface area contributed by atoms with Gasteiger partial charge in [-0.1, -0.05) is 78.9 Å². The second-order valence-corrected chi connectivity index (χ2v) is 8.44. The maximum absolute atomic E-state index is 12.8. The average molecular weight is 427 g/mol. The first-order valence-corrected chi connectivity index (χ1v) is 11.4. The molecule has 0 spiro atoms. The molecular weight excluding hydrogens is 396 g/mol. The van der Waals surface area contributed by atoms with Crippen LogP contribution in [0.5, 0.6) is 0 Å². The Kier molecular flexibility index (Phi) is 7.47. The van der Waals surface area contributed by atoms with Gasteiger partial charge in [0.15, 0.2) is 5.78 Å². The van der Waals surface area contributed by atoms with Crippen LogP contribution in [-0.2, 0) is 0 Å². The summed E-state index contributed by atoms with van der Waals surface area (Å²) in [7, 11) is 0. The van der Waals surface area contributed by atoms with Gasteiger partial charge in [-0.2, -0.15) is 0 Å². The Labute approximate surface area is 190 Å². The molecule has 0 radical (unpaired) electrons. The third kappa shape index (κ3) is 5.71. The Morgan fingerprint density at radius 2 is 1.31 bits per heavy atom. The van der Waals surface area contributed by atoms with Crippen molar-refractivity contribution >= 4 is 11.7 Å². The standard InChI is InChI=1S/C28H30N2O2/c31-27(23-12-6-2-7-13-23)24-16-19-30(20-17-24)21-18-26(22-10-4-1-5-11-22)29-28(32)25-14-8-3-9-15-25/h1-15,24,26H,16-21H2,(H,29,32). The number of ketones is 1. The summed E-state index contributed by atoms with van der Waals surface area (Å²) in [5.74, 6) is 0.325. The number of likely N-dealkylation sites (tertiary alicyclic amines) is 1. The second-order valence-electron chi connectivity index (χ2n) is 8.44. The molecule has 0 bridgehead atoms. The Hall–Kier alpha value is -3.24. The molecule has 164 valence electrons. The molecule has 1 heterocycles. The normalized spacial score (nSPS) is 15.8. The third-order valence-electron chi connectivity index (χ3n) is 6.29. The van der Waals surface area contributed by atoms with E-state index in [9.17, 15) is 9.59 Å². The fraction of sp³-hybridized carbons (Fsp3) is 0.286. The number of nitrogens with one attached hydrogen (secondary N) is 1.